The standard InChI is InChI=1S/C17H17Cl2N3S/c18-15-6-7-16(19)14(8-15)9-22-11-20-17(21-12-22)23-10-13-4-2-1-3-5-13/h1-8H,9-12H2,(H,20,21). The normalized spacial score (nSPS) is 15.1. The Morgan fingerprint density at radius 2 is 1.96 bits per heavy atom. The van der Waals surface area contributed by atoms with Gasteiger partial charge in [-0.3, -0.25) is 4.90 Å². The van der Waals surface area contributed by atoms with Gasteiger partial charge in [0.2, 0.25) is 0 Å². The molecule has 0 fully saturated rings. The summed E-state index contributed by atoms with van der Waals surface area (Å²) < 4.78 is 0. The van der Waals surface area contributed by atoms with Gasteiger partial charge in [0.15, 0.2) is 5.17 Å². The number of nitrogens with one attached hydrogen (secondary N) is 1. The molecule has 120 valence electrons. The lowest BCUT2D eigenvalue weighted by Gasteiger charge is -2.26. The summed E-state index contributed by atoms with van der Waals surface area (Å²) in [5, 5.41) is 5.79. The lowest BCUT2D eigenvalue weighted by molar-refractivity contribution is 0.258. The van der Waals surface area contributed by atoms with E-state index >= 15 is 0 Å². The molecule has 3 nitrogen and oxygen atoms in total. The topological polar surface area (TPSA) is 27.6 Å². The number of halogens is 2. The van der Waals surface area contributed by atoms with E-state index < -0.39 is 0 Å². The minimum absolute atomic E-state index is 0.660. The molecular weight excluding hydrogens is 349 g/mol. The third-order valence-corrected chi connectivity index (χ3v) is 5.12. The lowest BCUT2D eigenvalue weighted by atomic mass is 10.2. The fourth-order valence-corrected chi connectivity index (χ4v) is 3.47. The zero-order valence-corrected chi connectivity index (χ0v) is 14.8. The van der Waals surface area contributed by atoms with Gasteiger partial charge in [-0.1, -0.05) is 65.3 Å². The molecule has 0 saturated carbocycles. The summed E-state index contributed by atoms with van der Waals surface area (Å²) in [6.45, 7) is 2.14. The van der Waals surface area contributed by atoms with Crippen molar-refractivity contribution < 1.29 is 0 Å². The van der Waals surface area contributed by atoms with Gasteiger partial charge in [0, 0.05) is 22.3 Å². The molecule has 0 aromatic heterocycles. The van der Waals surface area contributed by atoms with E-state index in [1.807, 2.05) is 18.2 Å². The molecule has 1 N–H and O–H groups in total. The minimum Gasteiger partial charge on any atom is -0.352 e. The van der Waals surface area contributed by atoms with E-state index in [1.165, 1.54) is 5.56 Å². The Hall–Kier alpha value is -1.20. The molecule has 2 aromatic carbocycles. The van der Waals surface area contributed by atoms with E-state index in [0.29, 0.717) is 11.7 Å². The molecule has 2 aromatic rings. The van der Waals surface area contributed by atoms with Crippen molar-refractivity contribution >= 4 is 40.1 Å². The number of rotatable bonds is 4. The Bertz CT molecular complexity index is 691. The minimum atomic E-state index is 0.660. The smallest absolute Gasteiger partial charge is 0.159 e. The van der Waals surface area contributed by atoms with Crippen LogP contribution in [0, 0.1) is 0 Å². The number of hydrogen-bond acceptors (Lipinski definition) is 4. The maximum atomic E-state index is 6.22. The summed E-state index contributed by atoms with van der Waals surface area (Å²) in [7, 11) is 0. The first-order valence-corrected chi connectivity index (χ1v) is 9.06. The second-order valence-corrected chi connectivity index (χ2v) is 7.09. The highest BCUT2D eigenvalue weighted by atomic mass is 35.5. The molecule has 3 rings (SSSR count). The van der Waals surface area contributed by atoms with Crippen LogP contribution in [0.4, 0.5) is 0 Å². The number of thioether (sulfide) groups is 1. The van der Waals surface area contributed by atoms with Crippen LogP contribution in [-0.4, -0.2) is 23.4 Å². The number of aliphatic imine (C=N–C) groups is 1. The van der Waals surface area contributed by atoms with E-state index in [-0.39, 0.29) is 0 Å². The summed E-state index contributed by atoms with van der Waals surface area (Å²) in [6.07, 6.45) is 0. The Balaban J connectivity index is 1.53. The molecule has 0 spiro atoms. The average Bonchev–Trinajstić information content (AvgIpc) is 2.58. The van der Waals surface area contributed by atoms with Gasteiger partial charge < -0.3 is 5.32 Å². The molecule has 1 heterocycles. The fraction of sp³-hybridized carbons (Fsp3) is 0.235. The molecule has 1 aliphatic heterocycles. The first kappa shape index (κ1) is 16.7. The monoisotopic (exact) mass is 365 g/mol. The highest BCUT2D eigenvalue weighted by molar-refractivity contribution is 8.13. The second kappa shape index (κ2) is 8.06. The highest BCUT2D eigenvalue weighted by Gasteiger charge is 2.14. The van der Waals surface area contributed by atoms with E-state index in [4.69, 9.17) is 23.2 Å². The first-order chi connectivity index (χ1) is 11.2. The van der Waals surface area contributed by atoms with E-state index in [1.54, 1.807) is 17.8 Å². The largest absolute Gasteiger partial charge is 0.352 e. The van der Waals surface area contributed by atoms with Crippen molar-refractivity contribution in [1.82, 2.24) is 10.2 Å². The molecule has 0 bridgehead atoms. The van der Waals surface area contributed by atoms with Crippen LogP contribution in [0.1, 0.15) is 11.1 Å². The maximum Gasteiger partial charge on any atom is 0.159 e. The van der Waals surface area contributed by atoms with Crippen LogP contribution in [-0.2, 0) is 12.3 Å². The van der Waals surface area contributed by atoms with Crippen molar-refractivity contribution in [2.24, 2.45) is 4.99 Å². The zero-order valence-electron chi connectivity index (χ0n) is 12.5. The Labute approximate surface area is 150 Å². The summed E-state index contributed by atoms with van der Waals surface area (Å²) >= 11 is 14.0. The Kier molecular flexibility index (Phi) is 5.84. The van der Waals surface area contributed by atoms with Gasteiger partial charge in [0.05, 0.1) is 13.3 Å². The Morgan fingerprint density at radius 3 is 2.70 bits per heavy atom. The molecule has 0 saturated heterocycles. The number of hydrogen-bond donors (Lipinski definition) is 1. The third-order valence-electron chi connectivity index (χ3n) is 3.49. The van der Waals surface area contributed by atoms with Gasteiger partial charge in [-0.15, -0.1) is 0 Å². The molecule has 6 heteroatoms. The first-order valence-electron chi connectivity index (χ1n) is 7.32. The van der Waals surface area contributed by atoms with Crippen molar-refractivity contribution in [1.29, 1.82) is 0 Å². The summed E-state index contributed by atoms with van der Waals surface area (Å²) in [6, 6.07) is 16.0. The lowest BCUT2D eigenvalue weighted by Crippen LogP contribution is -2.41. The van der Waals surface area contributed by atoms with Crippen LogP contribution >= 0.6 is 35.0 Å². The van der Waals surface area contributed by atoms with E-state index in [9.17, 15) is 0 Å². The zero-order chi connectivity index (χ0) is 16.1. The Morgan fingerprint density at radius 1 is 1.13 bits per heavy atom. The molecular formula is C17H17Cl2N3S. The van der Waals surface area contributed by atoms with Crippen LogP contribution in [0.15, 0.2) is 53.5 Å². The fourth-order valence-electron chi connectivity index (χ4n) is 2.28. The summed E-state index contributed by atoms with van der Waals surface area (Å²) in [5.74, 6) is 0.923. The van der Waals surface area contributed by atoms with Crippen molar-refractivity contribution in [3.8, 4) is 0 Å². The quantitative estimate of drug-likeness (QED) is 0.857. The predicted molar refractivity (Wildman–Crippen MR) is 100 cm³/mol. The van der Waals surface area contributed by atoms with Gasteiger partial charge in [-0.05, 0) is 29.3 Å². The van der Waals surface area contributed by atoms with Crippen LogP contribution < -0.4 is 5.32 Å². The van der Waals surface area contributed by atoms with E-state index in [0.717, 1.165) is 34.7 Å². The van der Waals surface area contributed by atoms with Gasteiger partial charge in [0.25, 0.3) is 0 Å². The highest BCUT2D eigenvalue weighted by Crippen LogP contribution is 2.22. The third kappa shape index (κ3) is 4.88. The molecule has 1 aliphatic rings. The van der Waals surface area contributed by atoms with Gasteiger partial charge in [-0.2, -0.15) is 0 Å². The van der Waals surface area contributed by atoms with Crippen LogP contribution in [0.2, 0.25) is 10.0 Å². The van der Waals surface area contributed by atoms with Gasteiger partial charge in [0.1, 0.15) is 0 Å². The number of benzene rings is 2. The molecule has 23 heavy (non-hydrogen) atoms. The maximum absolute atomic E-state index is 6.22. The van der Waals surface area contributed by atoms with Crippen LogP contribution in [0.5, 0.6) is 0 Å². The number of amidine groups is 1. The van der Waals surface area contributed by atoms with Crippen LogP contribution in [0.25, 0.3) is 0 Å². The van der Waals surface area contributed by atoms with Gasteiger partial charge in [-0.25, -0.2) is 4.99 Å². The van der Waals surface area contributed by atoms with E-state index in [2.05, 4.69) is 39.5 Å². The summed E-state index contributed by atoms with van der Waals surface area (Å²) in [4.78, 5) is 6.78. The van der Waals surface area contributed by atoms with Crippen LogP contribution in [0.3, 0.4) is 0 Å². The number of nitrogens with zero attached hydrogens (tertiary/aromatic N) is 2. The van der Waals surface area contributed by atoms with Gasteiger partial charge >= 0.3 is 0 Å². The predicted octanol–water partition coefficient (Wildman–Crippen LogP) is 4.60. The average molecular weight is 366 g/mol. The van der Waals surface area contributed by atoms with Crippen molar-refractivity contribution in [2.45, 2.75) is 12.3 Å². The molecule has 0 aliphatic carbocycles. The molecule has 0 unspecified atom stereocenters. The molecule has 0 atom stereocenters. The molecule has 0 amide bonds. The SMILES string of the molecule is Clc1ccc(Cl)c(CN2CN=C(SCc3ccccc3)NC2)c1. The van der Waals surface area contributed by atoms with Crippen molar-refractivity contribution in [3.05, 3.63) is 69.7 Å². The molecule has 0 radical (unpaired) electrons. The van der Waals surface area contributed by atoms with Crippen molar-refractivity contribution in [2.75, 3.05) is 13.3 Å². The van der Waals surface area contributed by atoms with Crippen molar-refractivity contribution in [3.63, 3.8) is 0 Å². The summed E-state index contributed by atoms with van der Waals surface area (Å²) in [5.41, 5.74) is 2.33. The second-order valence-electron chi connectivity index (χ2n) is 5.28.